The SMILES string of the molecule is CCc1cccc(-c2c(Cl)cccc2[C@](O)(CCCNC(=O)O)[C@@H]2CCCN(C(=O)c3ccc(CNCCSC)cc3)C2)c1. The summed E-state index contributed by atoms with van der Waals surface area (Å²) < 4.78 is 0. The summed E-state index contributed by atoms with van der Waals surface area (Å²) in [6, 6.07) is 21.6. The average Bonchev–Trinajstić information content (AvgIpc) is 3.05. The van der Waals surface area contributed by atoms with Crippen molar-refractivity contribution < 1.29 is 19.8 Å². The van der Waals surface area contributed by atoms with E-state index in [9.17, 15) is 14.7 Å². The fourth-order valence-electron chi connectivity index (χ4n) is 6.14. The van der Waals surface area contributed by atoms with Crippen LogP contribution in [-0.4, -0.2) is 65.3 Å². The van der Waals surface area contributed by atoms with E-state index in [0.717, 1.165) is 54.8 Å². The predicted octanol–water partition coefficient (Wildman–Crippen LogP) is 6.81. The highest BCUT2D eigenvalue weighted by molar-refractivity contribution is 7.98. The fourth-order valence-corrected chi connectivity index (χ4v) is 6.78. The molecule has 44 heavy (non-hydrogen) atoms. The van der Waals surface area contributed by atoms with Gasteiger partial charge >= 0.3 is 6.09 Å². The molecule has 236 valence electrons. The van der Waals surface area contributed by atoms with E-state index in [4.69, 9.17) is 16.7 Å². The Balaban J connectivity index is 1.62. The lowest BCUT2D eigenvalue weighted by atomic mass is 9.72. The molecule has 2 atom stereocenters. The normalized spacial score (nSPS) is 16.4. The van der Waals surface area contributed by atoms with Gasteiger partial charge in [-0.3, -0.25) is 4.79 Å². The summed E-state index contributed by atoms with van der Waals surface area (Å²) in [4.78, 5) is 26.7. The third-order valence-electron chi connectivity index (χ3n) is 8.51. The molecule has 1 heterocycles. The first-order valence-electron chi connectivity index (χ1n) is 15.4. The van der Waals surface area contributed by atoms with Crippen LogP contribution >= 0.6 is 23.4 Å². The number of hydrogen-bond acceptors (Lipinski definition) is 5. The molecule has 0 aromatic heterocycles. The smallest absolute Gasteiger partial charge is 0.404 e. The van der Waals surface area contributed by atoms with Crippen molar-refractivity contribution in [1.29, 1.82) is 0 Å². The number of carboxylic acid groups (broad SMARTS) is 1. The summed E-state index contributed by atoms with van der Waals surface area (Å²) >= 11 is 8.66. The van der Waals surface area contributed by atoms with Crippen LogP contribution in [0.5, 0.6) is 0 Å². The number of piperidine rings is 1. The van der Waals surface area contributed by atoms with Crippen molar-refractivity contribution in [2.75, 3.05) is 38.2 Å². The van der Waals surface area contributed by atoms with Crippen molar-refractivity contribution in [1.82, 2.24) is 15.5 Å². The lowest BCUT2D eigenvalue weighted by Crippen LogP contribution is -2.48. The van der Waals surface area contributed by atoms with Crippen LogP contribution in [-0.2, 0) is 18.6 Å². The van der Waals surface area contributed by atoms with E-state index in [2.05, 4.69) is 35.9 Å². The first-order valence-corrected chi connectivity index (χ1v) is 17.2. The molecule has 4 N–H and O–H groups in total. The number of carbonyl (C=O) groups excluding carboxylic acids is 1. The maximum atomic E-state index is 13.7. The number of thioether (sulfide) groups is 1. The molecule has 0 spiro atoms. The Kier molecular flexibility index (Phi) is 12.6. The summed E-state index contributed by atoms with van der Waals surface area (Å²) in [5.74, 6) is 0.738. The Morgan fingerprint density at radius 3 is 2.57 bits per heavy atom. The van der Waals surface area contributed by atoms with Gasteiger partial charge in [-0.25, -0.2) is 4.79 Å². The predicted molar refractivity (Wildman–Crippen MR) is 181 cm³/mol. The van der Waals surface area contributed by atoms with E-state index in [0.29, 0.717) is 42.1 Å². The summed E-state index contributed by atoms with van der Waals surface area (Å²) in [7, 11) is 0. The van der Waals surface area contributed by atoms with Gasteiger partial charge in [-0.15, -0.1) is 0 Å². The molecule has 1 saturated heterocycles. The maximum absolute atomic E-state index is 13.7. The van der Waals surface area contributed by atoms with Crippen LogP contribution in [0, 0.1) is 5.92 Å². The number of carbonyl (C=O) groups is 2. The first kappa shape index (κ1) is 33.8. The highest BCUT2D eigenvalue weighted by Gasteiger charge is 2.43. The molecular weight excluding hydrogens is 594 g/mol. The van der Waals surface area contributed by atoms with E-state index < -0.39 is 11.7 Å². The Morgan fingerprint density at radius 1 is 1.07 bits per heavy atom. The van der Waals surface area contributed by atoms with Crippen LogP contribution in [0.25, 0.3) is 11.1 Å². The van der Waals surface area contributed by atoms with Gasteiger partial charge in [-0.2, -0.15) is 11.8 Å². The first-order chi connectivity index (χ1) is 21.3. The monoisotopic (exact) mass is 637 g/mol. The summed E-state index contributed by atoms with van der Waals surface area (Å²) in [5.41, 5.74) is 4.01. The van der Waals surface area contributed by atoms with Gasteiger partial charge in [0.15, 0.2) is 0 Å². The third-order valence-corrected chi connectivity index (χ3v) is 9.44. The van der Waals surface area contributed by atoms with E-state index in [-0.39, 0.29) is 18.4 Å². The topological polar surface area (TPSA) is 102 Å². The van der Waals surface area contributed by atoms with Crippen molar-refractivity contribution in [3.8, 4) is 11.1 Å². The Labute approximate surface area is 270 Å². The van der Waals surface area contributed by atoms with Crippen LogP contribution in [0.2, 0.25) is 5.02 Å². The maximum Gasteiger partial charge on any atom is 0.404 e. The molecule has 0 saturated carbocycles. The molecule has 0 radical (unpaired) electrons. The molecule has 1 aliphatic heterocycles. The van der Waals surface area contributed by atoms with Gasteiger partial charge in [-0.1, -0.05) is 67.1 Å². The molecule has 9 heteroatoms. The minimum Gasteiger partial charge on any atom is -0.465 e. The highest BCUT2D eigenvalue weighted by Crippen LogP contribution is 2.45. The fraction of sp³-hybridized carbons (Fsp3) is 0.429. The zero-order valence-electron chi connectivity index (χ0n) is 25.7. The number of benzene rings is 3. The van der Waals surface area contributed by atoms with Gasteiger partial charge in [0.05, 0.1) is 5.60 Å². The zero-order chi connectivity index (χ0) is 31.5. The second-order valence-electron chi connectivity index (χ2n) is 11.4. The number of amides is 2. The van der Waals surface area contributed by atoms with Crippen LogP contribution in [0.4, 0.5) is 4.79 Å². The Hall–Kier alpha value is -3.04. The van der Waals surface area contributed by atoms with Crippen molar-refractivity contribution in [2.24, 2.45) is 5.92 Å². The zero-order valence-corrected chi connectivity index (χ0v) is 27.2. The standard InChI is InChI=1S/C35H44ClN3O4S/c1-3-25-8-4-9-28(22-25)32-30(11-5-12-31(32)36)35(43,17-7-18-38-34(41)42)29-10-6-20-39(24-29)33(40)27-15-13-26(14-16-27)23-37-19-21-44-2/h4-5,8-9,11-16,22,29,37-38,43H,3,6-7,10,17-21,23-24H2,1-2H3,(H,41,42)/t29-,35+/m1/s1. The Bertz CT molecular complexity index is 1400. The third kappa shape index (κ3) is 8.57. The number of likely N-dealkylation sites (tertiary alicyclic amines) is 1. The molecule has 1 aliphatic rings. The minimum absolute atomic E-state index is 0.0477. The highest BCUT2D eigenvalue weighted by atomic mass is 35.5. The van der Waals surface area contributed by atoms with E-state index >= 15 is 0 Å². The van der Waals surface area contributed by atoms with Gasteiger partial charge in [-0.05, 0) is 78.8 Å². The van der Waals surface area contributed by atoms with Crippen molar-refractivity contribution >= 4 is 35.4 Å². The second kappa shape index (κ2) is 16.3. The number of aliphatic hydroxyl groups is 1. The molecular formula is C35H44ClN3O4S. The van der Waals surface area contributed by atoms with Gasteiger partial charge < -0.3 is 25.7 Å². The van der Waals surface area contributed by atoms with Crippen LogP contribution in [0.15, 0.2) is 66.7 Å². The van der Waals surface area contributed by atoms with E-state index in [1.807, 2.05) is 59.5 Å². The van der Waals surface area contributed by atoms with Gasteiger partial charge in [0.1, 0.15) is 0 Å². The Morgan fingerprint density at radius 2 is 1.84 bits per heavy atom. The van der Waals surface area contributed by atoms with Crippen molar-refractivity contribution in [3.05, 3.63) is 94.0 Å². The molecule has 7 nitrogen and oxygen atoms in total. The van der Waals surface area contributed by atoms with Crippen molar-refractivity contribution in [3.63, 3.8) is 0 Å². The molecule has 3 aromatic carbocycles. The molecule has 0 aliphatic carbocycles. The molecule has 0 bridgehead atoms. The average molecular weight is 638 g/mol. The lowest BCUT2D eigenvalue weighted by molar-refractivity contribution is -0.0563. The van der Waals surface area contributed by atoms with Gasteiger partial charge in [0, 0.05) is 60.5 Å². The molecule has 1 fully saturated rings. The number of aryl methyl sites for hydroxylation is 1. The van der Waals surface area contributed by atoms with E-state index in [1.165, 1.54) is 5.56 Å². The number of nitrogens with zero attached hydrogens (tertiary/aromatic N) is 1. The molecule has 2 amide bonds. The number of halogens is 1. The number of hydrogen-bond donors (Lipinski definition) is 4. The van der Waals surface area contributed by atoms with Gasteiger partial charge in [0.25, 0.3) is 5.91 Å². The largest absolute Gasteiger partial charge is 0.465 e. The summed E-state index contributed by atoms with van der Waals surface area (Å²) in [6.07, 6.45) is 4.10. The van der Waals surface area contributed by atoms with E-state index in [1.54, 1.807) is 11.8 Å². The minimum atomic E-state index is -1.34. The summed E-state index contributed by atoms with van der Waals surface area (Å²) in [6.45, 7) is 5.01. The molecule has 4 rings (SSSR count). The lowest BCUT2D eigenvalue weighted by Gasteiger charge is -2.44. The number of rotatable bonds is 14. The molecule has 3 aromatic rings. The summed E-state index contributed by atoms with van der Waals surface area (Å²) in [5, 5.41) is 28.2. The van der Waals surface area contributed by atoms with Crippen LogP contribution < -0.4 is 10.6 Å². The number of nitrogens with one attached hydrogen (secondary N) is 2. The van der Waals surface area contributed by atoms with Crippen LogP contribution in [0.3, 0.4) is 0 Å². The second-order valence-corrected chi connectivity index (χ2v) is 12.8. The quantitative estimate of drug-likeness (QED) is 0.145. The van der Waals surface area contributed by atoms with Crippen LogP contribution in [0.1, 0.15) is 59.7 Å². The van der Waals surface area contributed by atoms with Gasteiger partial charge in [0.2, 0.25) is 0 Å². The molecule has 0 unspecified atom stereocenters. The van der Waals surface area contributed by atoms with Crippen molar-refractivity contribution in [2.45, 2.75) is 51.2 Å².